The first-order chi connectivity index (χ1) is 12.0. The van der Waals surface area contributed by atoms with E-state index in [-0.39, 0.29) is 16.8 Å². The van der Waals surface area contributed by atoms with Crippen molar-refractivity contribution in [1.29, 1.82) is 0 Å². The normalized spacial score (nSPS) is 23.3. The molecule has 0 aliphatic carbocycles. The number of halogens is 1. The predicted molar refractivity (Wildman–Crippen MR) is 94.9 cm³/mol. The molecule has 4 rings (SSSR count). The van der Waals surface area contributed by atoms with Crippen molar-refractivity contribution in [3.05, 3.63) is 59.9 Å². The Balaban J connectivity index is 1.61. The number of anilines is 1. The molecule has 1 atom stereocenters. The largest absolute Gasteiger partial charge is 0.367 e. The van der Waals surface area contributed by atoms with Gasteiger partial charge in [-0.3, -0.25) is 9.71 Å². The molecule has 0 radical (unpaired) electrons. The Kier molecular flexibility index (Phi) is 3.95. The van der Waals surface area contributed by atoms with E-state index in [4.69, 9.17) is 0 Å². The van der Waals surface area contributed by atoms with Crippen LogP contribution in [0.15, 0.2) is 58.4 Å². The maximum atomic E-state index is 14.0. The second kappa shape index (κ2) is 6.15. The molecule has 2 aromatic rings. The number of sulfonamides is 1. The van der Waals surface area contributed by atoms with E-state index in [1.807, 2.05) is 11.0 Å². The lowest BCUT2D eigenvalue weighted by Gasteiger charge is -2.33. The highest BCUT2D eigenvalue weighted by atomic mass is 32.2. The Morgan fingerprint density at radius 3 is 2.72 bits per heavy atom. The van der Waals surface area contributed by atoms with Crippen LogP contribution in [-0.2, 0) is 10.0 Å². The first-order valence-corrected chi connectivity index (χ1v) is 9.72. The molecule has 0 bridgehead atoms. The van der Waals surface area contributed by atoms with Gasteiger partial charge in [0, 0.05) is 18.7 Å². The van der Waals surface area contributed by atoms with Gasteiger partial charge in [0.05, 0.1) is 16.6 Å². The number of benzene rings is 2. The first kappa shape index (κ1) is 16.1. The van der Waals surface area contributed by atoms with Gasteiger partial charge in [0.2, 0.25) is 0 Å². The number of aliphatic imine (C=N–C) groups is 1. The van der Waals surface area contributed by atoms with Gasteiger partial charge >= 0.3 is 0 Å². The number of amidine groups is 1. The minimum absolute atomic E-state index is 0.0859. The molecule has 130 valence electrons. The second-order valence-electron chi connectivity index (χ2n) is 6.27. The van der Waals surface area contributed by atoms with Crippen LogP contribution in [0.25, 0.3) is 0 Å². The number of fused-ring (bicyclic) bond motifs is 1. The molecule has 2 aromatic carbocycles. The van der Waals surface area contributed by atoms with E-state index < -0.39 is 10.0 Å². The van der Waals surface area contributed by atoms with Crippen molar-refractivity contribution in [3.8, 4) is 0 Å². The summed E-state index contributed by atoms with van der Waals surface area (Å²) in [6.07, 6.45) is 1.72. The first-order valence-electron chi connectivity index (χ1n) is 8.24. The molecule has 5 nitrogen and oxygen atoms in total. The van der Waals surface area contributed by atoms with Gasteiger partial charge in [0.25, 0.3) is 10.0 Å². The highest BCUT2D eigenvalue weighted by Gasteiger charge is 2.31. The highest BCUT2D eigenvalue weighted by Crippen LogP contribution is 2.26. The second-order valence-corrected chi connectivity index (χ2v) is 7.92. The third-order valence-corrected chi connectivity index (χ3v) is 5.96. The van der Waals surface area contributed by atoms with Crippen molar-refractivity contribution in [2.24, 2.45) is 4.99 Å². The van der Waals surface area contributed by atoms with Crippen molar-refractivity contribution in [3.63, 3.8) is 0 Å². The molecule has 1 saturated heterocycles. The average molecular weight is 359 g/mol. The summed E-state index contributed by atoms with van der Waals surface area (Å²) in [5.41, 5.74) is 1.17. The van der Waals surface area contributed by atoms with Gasteiger partial charge in [0.15, 0.2) is 0 Å². The van der Waals surface area contributed by atoms with Crippen LogP contribution in [0, 0.1) is 5.82 Å². The molecular weight excluding hydrogens is 341 g/mol. The van der Waals surface area contributed by atoms with Gasteiger partial charge < -0.3 is 4.90 Å². The smallest absolute Gasteiger partial charge is 0.263 e. The van der Waals surface area contributed by atoms with E-state index in [2.05, 4.69) is 9.71 Å². The number of hydrogen-bond donors (Lipinski definition) is 1. The van der Waals surface area contributed by atoms with Gasteiger partial charge in [-0.2, -0.15) is 0 Å². The predicted octanol–water partition coefficient (Wildman–Crippen LogP) is 2.53. The summed E-state index contributed by atoms with van der Waals surface area (Å²) < 4.78 is 40.9. The highest BCUT2D eigenvalue weighted by molar-refractivity contribution is 7.90. The molecule has 2 aliphatic rings. The summed E-state index contributed by atoms with van der Waals surface area (Å²) in [7, 11) is -3.53. The molecule has 1 fully saturated rings. The van der Waals surface area contributed by atoms with Crippen LogP contribution >= 0.6 is 0 Å². The summed E-state index contributed by atoms with van der Waals surface area (Å²) in [4.78, 5) is 6.87. The lowest BCUT2D eigenvalue weighted by atomic mass is 10.0. The van der Waals surface area contributed by atoms with E-state index in [1.54, 1.807) is 36.4 Å². The van der Waals surface area contributed by atoms with E-state index in [1.165, 1.54) is 6.07 Å². The molecule has 0 amide bonds. The molecule has 0 aromatic heterocycles. The third kappa shape index (κ3) is 3.00. The van der Waals surface area contributed by atoms with Gasteiger partial charge in [-0.05, 0) is 37.1 Å². The Morgan fingerprint density at radius 1 is 1.12 bits per heavy atom. The fourth-order valence-corrected chi connectivity index (χ4v) is 4.64. The lowest BCUT2D eigenvalue weighted by Crippen LogP contribution is -2.39. The van der Waals surface area contributed by atoms with Crippen LogP contribution in [0.3, 0.4) is 0 Å². The Hall–Kier alpha value is -2.41. The van der Waals surface area contributed by atoms with E-state index in [9.17, 15) is 12.8 Å². The van der Waals surface area contributed by atoms with Crippen LogP contribution in [0.1, 0.15) is 18.4 Å². The number of para-hydroxylation sites is 1. The lowest BCUT2D eigenvalue weighted by molar-refractivity contribution is 0.499. The van der Waals surface area contributed by atoms with Crippen LogP contribution in [0.2, 0.25) is 0 Å². The Morgan fingerprint density at radius 2 is 1.88 bits per heavy atom. The van der Waals surface area contributed by atoms with Gasteiger partial charge in [0.1, 0.15) is 11.7 Å². The summed E-state index contributed by atoms with van der Waals surface area (Å²) in [6, 6.07) is 13.4. The molecule has 7 heteroatoms. The molecule has 2 aliphatic heterocycles. The van der Waals surface area contributed by atoms with Crippen molar-refractivity contribution < 1.29 is 12.8 Å². The topological polar surface area (TPSA) is 61.8 Å². The summed E-state index contributed by atoms with van der Waals surface area (Å²) in [5.74, 6) is 0.138. The minimum atomic E-state index is -3.53. The zero-order valence-electron chi connectivity index (χ0n) is 13.5. The maximum Gasteiger partial charge on any atom is 0.263 e. The molecule has 2 heterocycles. The Bertz CT molecular complexity index is 943. The quantitative estimate of drug-likeness (QED) is 0.896. The Labute approximate surface area is 146 Å². The number of nitrogens with one attached hydrogen (secondary N) is 1. The van der Waals surface area contributed by atoms with E-state index in [0.717, 1.165) is 19.4 Å². The molecule has 1 unspecified atom stereocenters. The van der Waals surface area contributed by atoms with Crippen molar-refractivity contribution >= 4 is 21.5 Å². The van der Waals surface area contributed by atoms with E-state index >= 15 is 0 Å². The molecule has 1 N–H and O–H groups in total. The average Bonchev–Trinajstić information content (AvgIpc) is 2.86. The standard InChI is InChI=1S/C18H18FN3O2S/c19-15-8-2-3-9-16(15)22-11-5-6-13(12-22)20-18-14-7-1-4-10-17(14)25(23,24)21-18/h1-4,7-10,13H,5-6,11-12H2,(H,20,21). The van der Waals surface area contributed by atoms with Gasteiger partial charge in [-0.1, -0.05) is 24.3 Å². The van der Waals surface area contributed by atoms with Crippen LogP contribution in [-0.4, -0.2) is 33.4 Å². The van der Waals surface area contributed by atoms with Crippen molar-refractivity contribution in [2.75, 3.05) is 18.0 Å². The summed E-state index contributed by atoms with van der Waals surface area (Å²) >= 11 is 0. The molecule has 0 spiro atoms. The van der Waals surface area contributed by atoms with E-state index in [0.29, 0.717) is 23.6 Å². The van der Waals surface area contributed by atoms with Crippen LogP contribution in [0.4, 0.5) is 10.1 Å². The summed E-state index contributed by atoms with van der Waals surface area (Å²) in [5, 5.41) is 0. The molecule has 25 heavy (non-hydrogen) atoms. The van der Waals surface area contributed by atoms with Crippen LogP contribution < -0.4 is 9.62 Å². The fourth-order valence-electron chi connectivity index (χ4n) is 3.40. The SMILES string of the molecule is O=S1(=O)NC(=NC2CCCN(c3ccccc3F)C2)c2ccccc21. The maximum absolute atomic E-state index is 14.0. The van der Waals surface area contributed by atoms with Crippen LogP contribution in [0.5, 0.6) is 0 Å². The summed E-state index contributed by atoms with van der Waals surface area (Å²) in [6.45, 7) is 1.33. The number of hydrogen-bond acceptors (Lipinski definition) is 4. The van der Waals surface area contributed by atoms with Gasteiger partial charge in [-0.25, -0.2) is 12.8 Å². The van der Waals surface area contributed by atoms with Crippen molar-refractivity contribution in [2.45, 2.75) is 23.8 Å². The minimum Gasteiger partial charge on any atom is -0.367 e. The zero-order chi connectivity index (χ0) is 17.4. The monoisotopic (exact) mass is 359 g/mol. The number of rotatable bonds is 2. The third-order valence-electron chi connectivity index (χ3n) is 4.56. The number of nitrogens with zero attached hydrogens (tertiary/aromatic N) is 2. The molecular formula is C18H18FN3O2S. The van der Waals surface area contributed by atoms with Crippen molar-refractivity contribution in [1.82, 2.24) is 4.72 Å². The number of piperidine rings is 1. The zero-order valence-corrected chi connectivity index (χ0v) is 14.3. The fraction of sp³-hybridized carbons (Fsp3) is 0.278. The molecule has 0 saturated carbocycles. The van der Waals surface area contributed by atoms with Gasteiger partial charge in [-0.15, -0.1) is 0 Å².